The van der Waals surface area contributed by atoms with Gasteiger partial charge < -0.3 is 19.7 Å². The maximum absolute atomic E-state index is 13.7. The van der Waals surface area contributed by atoms with Crippen LogP contribution in [0.25, 0.3) is 0 Å². The lowest BCUT2D eigenvalue weighted by atomic mass is 10.1. The summed E-state index contributed by atoms with van der Waals surface area (Å²) in [5, 5.41) is 2.99. The number of carbonyl (C=O) groups excluding carboxylic acids is 4. The summed E-state index contributed by atoms with van der Waals surface area (Å²) >= 11 is 5.70. The maximum Gasteiger partial charge on any atom is 0.338 e. The summed E-state index contributed by atoms with van der Waals surface area (Å²) in [4.78, 5) is 58.0. The van der Waals surface area contributed by atoms with E-state index in [-0.39, 0.29) is 37.2 Å². The molecule has 1 N–H and O–H groups in total. The number of aromatic nitrogens is 1. The number of rotatable bonds is 10. The van der Waals surface area contributed by atoms with Crippen molar-refractivity contribution in [1.29, 1.82) is 0 Å². The van der Waals surface area contributed by atoms with Crippen LogP contribution in [0, 0.1) is 0 Å². The summed E-state index contributed by atoms with van der Waals surface area (Å²) in [5.74, 6) is -1.70. The number of thiocarbonyl (C=S) groups is 1. The number of pyridine rings is 1. The third kappa shape index (κ3) is 6.49. The third-order valence-corrected chi connectivity index (χ3v) is 6.49. The van der Waals surface area contributed by atoms with Crippen molar-refractivity contribution in [3.8, 4) is 0 Å². The molecule has 1 atom stereocenters. The van der Waals surface area contributed by atoms with Crippen LogP contribution < -0.4 is 10.2 Å². The highest BCUT2D eigenvalue weighted by molar-refractivity contribution is 7.80. The van der Waals surface area contributed by atoms with Crippen molar-refractivity contribution in [1.82, 2.24) is 9.88 Å². The molecule has 1 aliphatic heterocycles. The molecule has 1 saturated heterocycles. The Kier molecular flexibility index (Phi) is 9.18. The zero-order chi connectivity index (χ0) is 28.6. The summed E-state index contributed by atoms with van der Waals surface area (Å²) in [7, 11) is 0. The molecule has 3 aromatic rings. The Morgan fingerprint density at radius 2 is 1.50 bits per heavy atom. The number of amides is 2. The molecule has 0 saturated carbocycles. The zero-order valence-electron chi connectivity index (χ0n) is 22.0. The molecule has 206 valence electrons. The number of hydrogen-bond acceptors (Lipinski definition) is 8. The molecule has 2 aromatic carbocycles. The van der Waals surface area contributed by atoms with Gasteiger partial charge in [0.05, 0.1) is 48.7 Å². The van der Waals surface area contributed by atoms with Crippen molar-refractivity contribution < 1.29 is 28.7 Å². The Bertz CT molecular complexity index is 1400. The summed E-state index contributed by atoms with van der Waals surface area (Å²) in [6.07, 6.45) is 1.46. The molecule has 2 amide bonds. The molecule has 11 heteroatoms. The van der Waals surface area contributed by atoms with Crippen LogP contribution in [0.5, 0.6) is 0 Å². The van der Waals surface area contributed by atoms with Gasteiger partial charge in [0.15, 0.2) is 5.11 Å². The SMILES string of the molecule is CCOC(=O)c1ccc(NC(=O)C[C@@H]2C(=O)N(c3ccc(C(=O)OCC)cc3)C(=S)N2Cc2ccccn2)cc1. The van der Waals surface area contributed by atoms with E-state index in [4.69, 9.17) is 21.7 Å². The van der Waals surface area contributed by atoms with Crippen molar-refractivity contribution >= 4 is 52.5 Å². The van der Waals surface area contributed by atoms with Crippen LogP contribution in [0.1, 0.15) is 46.7 Å². The van der Waals surface area contributed by atoms with Crippen molar-refractivity contribution in [3.05, 3.63) is 89.7 Å². The van der Waals surface area contributed by atoms with Gasteiger partial charge in [-0.3, -0.25) is 19.5 Å². The molecule has 10 nitrogen and oxygen atoms in total. The van der Waals surface area contributed by atoms with Crippen molar-refractivity contribution in [2.75, 3.05) is 23.4 Å². The van der Waals surface area contributed by atoms with Gasteiger partial charge in [0.2, 0.25) is 5.91 Å². The lowest BCUT2D eigenvalue weighted by molar-refractivity contribution is -0.124. The molecular weight excluding hydrogens is 532 g/mol. The molecule has 1 aliphatic rings. The largest absolute Gasteiger partial charge is 0.462 e. The Balaban J connectivity index is 1.54. The topological polar surface area (TPSA) is 118 Å². The quantitative estimate of drug-likeness (QED) is 0.290. The van der Waals surface area contributed by atoms with Crippen molar-refractivity contribution in [2.45, 2.75) is 32.9 Å². The lowest BCUT2D eigenvalue weighted by Crippen LogP contribution is -2.37. The Morgan fingerprint density at radius 1 is 0.900 bits per heavy atom. The Hall–Kier alpha value is -4.64. The first-order valence-electron chi connectivity index (χ1n) is 12.7. The zero-order valence-corrected chi connectivity index (χ0v) is 22.8. The van der Waals surface area contributed by atoms with Crippen LogP contribution in [-0.4, -0.2) is 58.0 Å². The number of nitrogens with zero attached hydrogens (tertiary/aromatic N) is 3. The van der Waals surface area contributed by atoms with E-state index < -0.39 is 23.9 Å². The van der Waals surface area contributed by atoms with Gasteiger partial charge in [-0.2, -0.15) is 0 Å². The van der Waals surface area contributed by atoms with E-state index >= 15 is 0 Å². The predicted octanol–water partition coefficient (Wildman–Crippen LogP) is 3.97. The normalized spacial score (nSPS) is 14.7. The van der Waals surface area contributed by atoms with Crippen LogP contribution in [-0.2, 0) is 25.6 Å². The number of esters is 2. The van der Waals surface area contributed by atoms with Gasteiger partial charge in [-0.15, -0.1) is 0 Å². The number of anilines is 2. The monoisotopic (exact) mass is 560 g/mol. The van der Waals surface area contributed by atoms with Gasteiger partial charge in [0.1, 0.15) is 6.04 Å². The molecule has 1 fully saturated rings. The molecule has 0 aliphatic carbocycles. The van der Waals surface area contributed by atoms with Gasteiger partial charge in [0, 0.05) is 11.9 Å². The summed E-state index contributed by atoms with van der Waals surface area (Å²) in [6, 6.07) is 17.2. The average molecular weight is 561 g/mol. The minimum atomic E-state index is -0.891. The van der Waals surface area contributed by atoms with Gasteiger partial charge in [0.25, 0.3) is 5.91 Å². The van der Waals surface area contributed by atoms with Crippen molar-refractivity contribution in [3.63, 3.8) is 0 Å². The number of benzene rings is 2. The van der Waals surface area contributed by atoms with Gasteiger partial charge in [-0.05, 0) is 86.7 Å². The van der Waals surface area contributed by atoms with Crippen LogP contribution >= 0.6 is 12.2 Å². The summed E-state index contributed by atoms with van der Waals surface area (Å²) in [5.41, 5.74) is 2.32. The highest BCUT2D eigenvalue weighted by Gasteiger charge is 2.44. The average Bonchev–Trinajstić information content (AvgIpc) is 3.18. The molecule has 1 aromatic heterocycles. The third-order valence-electron chi connectivity index (χ3n) is 6.07. The summed E-state index contributed by atoms with van der Waals surface area (Å²) < 4.78 is 10.0. The van der Waals surface area contributed by atoms with E-state index in [0.29, 0.717) is 28.2 Å². The molecular formula is C29H28N4O6S. The van der Waals surface area contributed by atoms with Gasteiger partial charge >= 0.3 is 11.9 Å². The predicted molar refractivity (Wildman–Crippen MR) is 152 cm³/mol. The molecule has 4 rings (SSSR count). The molecule has 0 bridgehead atoms. The Labute approximate surface area is 236 Å². The molecule has 40 heavy (non-hydrogen) atoms. The minimum Gasteiger partial charge on any atom is -0.462 e. The first-order chi connectivity index (χ1) is 19.3. The number of ether oxygens (including phenoxy) is 2. The van der Waals surface area contributed by atoms with Gasteiger partial charge in [-0.25, -0.2) is 9.59 Å². The van der Waals surface area contributed by atoms with Gasteiger partial charge in [-0.1, -0.05) is 6.07 Å². The first-order valence-corrected chi connectivity index (χ1v) is 13.1. The van der Waals surface area contributed by atoms with Crippen molar-refractivity contribution in [2.24, 2.45) is 0 Å². The molecule has 0 unspecified atom stereocenters. The fraction of sp³-hybridized carbons (Fsp3) is 0.241. The van der Waals surface area contributed by atoms with E-state index in [0.717, 1.165) is 0 Å². The Morgan fingerprint density at radius 3 is 2.05 bits per heavy atom. The van der Waals surface area contributed by atoms with E-state index in [9.17, 15) is 19.2 Å². The van der Waals surface area contributed by atoms with Crippen LogP contribution in [0.4, 0.5) is 11.4 Å². The number of carbonyl (C=O) groups is 4. The standard InChI is InChI=1S/C29H28N4O6S/c1-3-38-27(36)19-8-12-21(13-9-19)31-25(34)17-24-26(35)33(23-14-10-20(11-15-23)28(37)39-4-2)29(40)32(24)18-22-7-5-6-16-30-22/h5-16,24H,3-4,17-18H2,1-2H3,(H,31,34)/t24-/m1/s1. The lowest BCUT2D eigenvalue weighted by Gasteiger charge is -2.23. The van der Waals surface area contributed by atoms with E-state index in [1.54, 1.807) is 79.5 Å². The van der Waals surface area contributed by atoms with E-state index in [1.165, 1.54) is 4.90 Å². The fourth-order valence-corrected chi connectivity index (χ4v) is 4.56. The first kappa shape index (κ1) is 28.4. The van der Waals surface area contributed by atoms with Crippen LogP contribution in [0.15, 0.2) is 72.9 Å². The molecule has 0 radical (unpaired) electrons. The second-order valence-electron chi connectivity index (χ2n) is 8.74. The highest BCUT2D eigenvalue weighted by atomic mass is 32.1. The minimum absolute atomic E-state index is 0.178. The summed E-state index contributed by atoms with van der Waals surface area (Å²) in [6.45, 7) is 4.17. The fourth-order valence-electron chi connectivity index (χ4n) is 4.17. The highest BCUT2D eigenvalue weighted by Crippen LogP contribution is 2.29. The maximum atomic E-state index is 13.7. The van der Waals surface area contributed by atoms with E-state index in [2.05, 4.69) is 10.3 Å². The number of hydrogen-bond donors (Lipinski definition) is 1. The van der Waals surface area contributed by atoms with Crippen LogP contribution in [0.2, 0.25) is 0 Å². The second kappa shape index (κ2) is 12.9. The molecule has 2 heterocycles. The van der Waals surface area contributed by atoms with Crippen LogP contribution in [0.3, 0.4) is 0 Å². The molecule has 0 spiro atoms. The smallest absolute Gasteiger partial charge is 0.338 e. The second-order valence-corrected chi connectivity index (χ2v) is 9.10. The number of nitrogens with one attached hydrogen (secondary N) is 1. The van der Waals surface area contributed by atoms with E-state index in [1.807, 2.05) is 12.1 Å².